The van der Waals surface area contributed by atoms with E-state index in [1.807, 2.05) is 38.4 Å². The Balaban J connectivity index is 2.70. The van der Waals surface area contributed by atoms with E-state index in [0.717, 1.165) is 24.3 Å². The molecule has 0 radical (unpaired) electrons. The SMILES string of the molecule is CCOC(=O)CCN(CCCN(C)C)C(=O)/C=C/c1cccc(OC)c1. The molecule has 0 aromatic heterocycles. The highest BCUT2D eigenvalue weighted by Crippen LogP contribution is 2.14. The molecular weight excluding hydrogens is 332 g/mol. The number of esters is 1. The van der Waals surface area contributed by atoms with Crippen molar-refractivity contribution in [1.82, 2.24) is 9.80 Å². The number of carbonyl (C=O) groups is 2. The molecule has 0 saturated heterocycles. The van der Waals surface area contributed by atoms with Crippen molar-refractivity contribution in [3.63, 3.8) is 0 Å². The molecule has 1 aromatic carbocycles. The average molecular weight is 362 g/mol. The van der Waals surface area contributed by atoms with E-state index in [0.29, 0.717) is 19.7 Å². The van der Waals surface area contributed by atoms with Gasteiger partial charge in [-0.25, -0.2) is 0 Å². The maximum Gasteiger partial charge on any atom is 0.307 e. The van der Waals surface area contributed by atoms with E-state index in [9.17, 15) is 9.59 Å². The molecule has 0 heterocycles. The number of methoxy groups -OCH3 is 1. The smallest absolute Gasteiger partial charge is 0.307 e. The van der Waals surface area contributed by atoms with E-state index in [-0.39, 0.29) is 18.3 Å². The van der Waals surface area contributed by atoms with E-state index >= 15 is 0 Å². The highest BCUT2D eigenvalue weighted by Gasteiger charge is 2.13. The monoisotopic (exact) mass is 362 g/mol. The number of rotatable bonds is 11. The molecule has 0 fully saturated rings. The van der Waals surface area contributed by atoms with Gasteiger partial charge in [-0.15, -0.1) is 0 Å². The molecule has 26 heavy (non-hydrogen) atoms. The highest BCUT2D eigenvalue weighted by atomic mass is 16.5. The minimum Gasteiger partial charge on any atom is -0.497 e. The van der Waals surface area contributed by atoms with Gasteiger partial charge in [-0.3, -0.25) is 9.59 Å². The Morgan fingerprint density at radius 1 is 1.15 bits per heavy atom. The zero-order valence-electron chi connectivity index (χ0n) is 16.2. The van der Waals surface area contributed by atoms with E-state index in [2.05, 4.69) is 4.90 Å². The summed E-state index contributed by atoms with van der Waals surface area (Å²) >= 11 is 0. The summed E-state index contributed by atoms with van der Waals surface area (Å²) in [6.45, 7) is 3.95. The fraction of sp³-hybridized carbons (Fsp3) is 0.500. The van der Waals surface area contributed by atoms with Crippen LogP contribution in [-0.2, 0) is 14.3 Å². The Bertz CT molecular complexity index is 599. The van der Waals surface area contributed by atoms with Crippen LogP contribution in [0.3, 0.4) is 0 Å². The van der Waals surface area contributed by atoms with Crippen LogP contribution in [0, 0.1) is 0 Å². The van der Waals surface area contributed by atoms with Gasteiger partial charge in [0.2, 0.25) is 5.91 Å². The van der Waals surface area contributed by atoms with Crippen molar-refractivity contribution in [2.45, 2.75) is 19.8 Å². The Hall–Kier alpha value is -2.34. The van der Waals surface area contributed by atoms with Crippen LogP contribution in [0.15, 0.2) is 30.3 Å². The van der Waals surface area contributed by atoms with Crippen molar-refractivity contribution >= 4 is 18.0 Å². The molecule has 0 aliphatic rings. The molecule has 0 bridgehead atoms. The standard InChI is InChI=1S/C20H30N2O4/c1-5-26-20(24)12-15-22(14-7-13-21(2)3)19(23)11-10-17-8-6-9-18(16-17)25-4/h6,8-11,16H,5,7,12-15H2,1-4H3/b11-10+. The Morgan fingerprint density at radius 3 is 2.58 bits per heavy atom. The molecule has 0 unspecified atom stereocenters. The third-order valence-electron chi connectivity index (χ3n) is 3.75. The summed E-state index contributed by atoms with van der Waals surface area (Å²) < 4.78 is 10.1. The average Bonchev–Trinajstić information content (AvgIpc) is 2.62. The van der Waals surface area contributed by atoms with Gasteiger partial charge in [0.25, 0.3) is 0 Å². The summed E-state index contributed by atoms with van der Waals surface area (Å²) in [5.74, 6) is 0.343. The van der Waals surface area contributed by atoms with Crippen molar-refractivity contribution in [3.8, 4) is 5.75 Å². The number of amides is 1. The second-order valence-corrected chi connectivity index (χ2v) is 6.15. The van der Waals surface area contributed by atoms with E-state index < -0.39 is 0 Å². The number of nitrogens with zero attached hydrogens (tertiary/aromatic N) is 2. The first-order chi connectivity index (χ1) is 12.5. The number of hydrogen-bond acceptors (Lipinski definition) is 5. The zero-order chi connectivity index (χ0) is 19.4. The summed E-state index contributed by atoms with van der Waals surface area (Å²) in [4.78, 5) is 27.9. The molecule has 0 N–H and O–H groups in total. The summed E-state index contributed by atoms with van der Waals surface area (Å²) in [5.41, 5.74) is 0.885. The van der Waals surface area contributed by atoms with E-state index in [1.165, 1.54) is 6.08 Å². The van der Waals surface area contributed by atoms with Crippen LogP contribution in [0.1, 0.15) is 25.3 Å². The largest absolute Gasteiger partial charge is 0.497 e. The van der Waals surface area contributed by atoms with Crippen LogP contribution in [0.2, 0.25) is 0 Å². The molecule has 1 rings (SSSR count). The lowest BCUT2D eigenvalue weighted by Crippen LogP contribution is -2.34. The summed E-state index contributed by atoms with van der Waals surface area (Å²) in [6.07, 6.45) is 4.34. The molecule has 0 spiro atoms. The molecular formula is C20H30N2O4. The van der Waals surface area contributed by atoms with Crippen LogP contribution in [0.4, 0.5) is 0 Å². The van der Waals surface area contributed by atoms with E-state index in [4.69, 9.17) is 9.47 Å². The molecule has 6 nitrogen and oxygen atoms in total. The fourth-order valence-electron chi connectivity index (χ4n) is 2.39. The van der Waals surface area contributed by atoms with Gasteiger partial charge in [-0.1, -0.05) is 12.1 Å². The number of ether oxygens (including phenoxy) is 2. The predicted molar refractivity (Wildman–Crippen MR) is 103 cm³/mol. The normalized spacial score (nSPS) is 11.0. The maximum atomic E-state index is 12.6. The highest BCUT2D eigenvalue weighted by molar-refractivity contribution is 5.92. The molecule has 1 amide bonds. The van der Waals surface area contributed by atoms with Crippen molar-refractivity contribution in [2.75, 3.05) is 47.4 Å². The first kappa shape index (κ1) is 21.7. The third-order valence-corrected chi connectivity index (χ3v) is 3.75. The van der Waals surface area contributed by atoms with Gasteiger partial charge in [0.05, 0.1) is 20.1 Å². The van der Waals surface area contributed by atoms with E-state index in [1.54, 1.807) is 25.0 Å². The van der Waals surface area contributed by atoms with Crippen molar-refractivity contribution < 1.29 is 19.1 Å². The van der Waals surface area contributed by atoms with Gasteiger partial charge in [0, 0.05) is 19.2 Å². The summed E-state index contributed by atoms with van der Waals surface area (Å²) in [7, 11) is 5.59. The molecule has 6 heteroatoms. The molecule has 0 aliphatic heterocycles. The van der Waals surface area contributed by atoms with Crippen LogP contribution in [0.25, 0.3) is 6.08 Å². The lowest BCUT2D eigenvalue weighted by atomic mass is 10.2. The van der Waals surface area contributed by atoms with Crippen LogP contribution >= 0.6 is 0 Å². The van der Waals surface area contributed by atoms with Gasteiger partial charge in [0.15, 0.2) is 0 Å². The van der Waals surface area contributed by atoms with Crippen molar-refractivity contribution in [1.29, 1.82) is 0 Å². The minimum absolute atomic E-state index is 0.115. The second-order valence-electron chi connectivity index (χ2n) is 6.15. The minimum atomic E-state index is -0.283. The fourth-order valence-corrected chi connectivity index (χ4v) is 2.39. The Kier molecular flexibility index (Phi) is 10.1. The van der Waals surface area contributed by atoms with Crippen molar-refractivity contribution in [3.05, 3.63) is 35.9 Å². The Labute approximate surface area is 156 Å². The quantitative estimate of drug-likeness (QED) is 0.447. The number of carbonyl (C=O) groups excluding carboxylic acids is 2. The van der Waals surface area contributed by atoms with Crippen LogP contribution in [0.5, 0.6) is 5.75 Å². The molecule has 1 aromatic rings. The third kappa shape index (κ3) is 8.67. The van der Waals surface area contributed by atoms with Gasteiger partial charge in [-0.2, -0.15) is 0 Å². The van der Waals surface area contributed by atoms with Gasteiger partial charge in [-0.05, 0) is 57.8 Å². The molecule has 0 atom stereocenters. The Morgan fingerprint density at radius 2 is 1.92 bits per heavy atom. The number of benzene rings is 1. The zero-order valence-corrected chi connectivity index (χ0v) is 16.2. The lowest BCUT2D eigenvalue weighted by molar-refractivity contribution is -0.143. The van der Waals surface area contributed by atoms with Gasteiger partial charge in [0.1, 0.15) is 5.75 Å². The second kappa shape index (κ2) is 12.1. The van der Waals surface area contributed by atoms with Crippen LogP contribution < -0.4 is 4.74 Å². The molecule has 0 saturated carbocycles. The molecule has 0 aliphatic carbocycles. The molecule has 144 valence electrons. The topological polar surface area (TPSA) is 59.1 Å². The van der Waals surface area contributed by atoms with Crippen LogP contribution in [-0.4, -0.2) is 69.1 Å². The first-order valence-corrected chi connectivity index (χ1v) is 8.87. The number of hydrogen-bond donors (Lipinski definition) is 0. The summed E-state index contributed by atoms with van der Waals surface area (Å²) in [6, 6.07) is 7.49. The predicted octanol–water partition coefficient (Wildman–Crippen LogP) is 2.44. The van der Waals surface area contributed by atoms with Crippen molar-refractivity contribution in [2.24, 2.45) is 0 Å². The van der Waals surface area contributed by atoms with Gasteiger partial charge >= 0.3 is 5.97 Å². The van der Waals surface area contributed by atoms with Gasteiger partial charge < -0.3 is 19.3 Å². The first-order valence-electron chi connectivity index (χ1n) is 8.87. The summed E-state index contributed by atoms with van der Waals surface area (Å²) in [5, 5.41) is 0. The lowest BCUT2D eigenvalue weighted by Gasteiger charge is -2.22. The maximum absolute atomic E-state index is 12.6.